The van der Waals surface area contributed by atoms with Gasteiger partial charge >= 0.3 is 0 Å². The molecule has 3 aromatic heterocycles. The van der Waals surface area contributed by atoms with Gasteiger partial charge in [-0.15, -0.1) is 11.3 Å². The molecule has 5 nitrogen and oxygen atoms in total. The number of fused-ring (bicyclic) bond motifs is 3. The summed E-state index contributed by atoms with van der Waals surface area (Å²) in [6, 6.07) is 12.1. The molecule has 1 aromatic carbocycles. The second-order valence-corrected chi connectivity index (χ2v) is 9.85. The molecule has 1 atom stereocenters. The zero-order valence-electron chi connectivity index (χ0n) is 15.5. The van der Waals surface area contributed by atoms with E-state index in [2.05, 4.69) is 33.0 Å². The molecule has 0 radical (unpaired) electrons. The van der Waals surface area contributed by atoms with Crippen LogP contribution >= 0.6 is 39.0 Å². The summed E-state index contributed by atoms with van der Waals surface area (Å²) in [7, 11) is 0. The largest absolute Gasteiger partial charge is 0.376 e. The summed E-state index contributed by atoms with van der Waals surface area (Å²) in [4.78, 5) is 23.6. The Hall–Kier alpha value is -1.74. The van der Waals surface area contributed by atoms with Crippen molar-refractivity contribution in [2.75, 3.05) is 6.61 Å². The van der Waals surface area contributed by atoms with Crippen molar-refractivity contribution in [2.45, 2.75) is 36.4 Å². The molecule has 5 rings (SSSR count). The second-order valence-electron chi connectivity index (χ2n) is 7.00. The van der Waals surface area contributed by atoms with Crippen molar-refractivity contribution in [1.82, 2.24) is 14.5 Å². The average molecular weight is 488 g/mol. The molecule has 4 heterocycles. The highest BCUT2D eigenvalue weighted by atomic mass is 79.9. The van der Waals surface area contributed by atoms with Gasteiger partial charge in [0.2, 0.25) is 0 Å². The summed E-state index contributed by atoms with van der Waals surface area (Å²) in [6.07, 6.45) is 3.86. The normalized spacial score (nSPS) is 16.8. The monoisotopic (exact) mass is 487 g/mol. The smallest absolute Gasteiger partial charge is 0.272 e. The van der Waals surface area contributed by atoms with E-state index >= 15 is 0 Å². The van der Waals surface area contributed by atoms with E-state index < -0.39 is 0 Å². The number of benzene rings is 1. The Bertz CT molecular complexity index is 1230. The molecule has 148 valence electrons. The number of nitrogens with zero attached hydrogens (tertiary/aromatic N) is 3. The van der Waals surface area contributed by atoms with Crippen LogP contribution in [0.3, 0.4) is 0 Å². The van der Waals surface area contributed by atoms with Crippen molar-refractivity contribution in [3.05, 3.63) is 63.0 Å². The Kier molecular flexibility index (Phi) is 5.43. The van der Waals surface area contributed by atoms with Crippen LogP contribution in [-0.2, 0) is 17.0 Å². The first-order valence-corrected chi connectivity index (χ1v) is 12.1. The SMILES string of the molecule is O=c1c2sc3ncccc3c2nc(SCc2ccc(Br)cc2)n1C[C@@H]1CCCO1. The van der Waals surface area contributed by atoms with Gasteiger partial charge in [-0.1, -0.05) is 39.8 Å². The van der Waals surface area contributed by atoms with E-state index in [0.29, 0.717) is 11.2 Å². The molecule has 4 aromatic rings. The Morgan fingerprint density at radius 3 is 2.93 bits per heavy atom. The summed E-state index contributed by atoms with van der Waals surface area (Å²) in [6.45, 7) is 1.31. The van der Waals surface area contributed by atoms with Crippen LogP contribution in [0.5, 0.6) is 0 Å². The second kappa shape index (κ2) is 8.18. The molecule has 1 aliphatic rings. The lowest BCUT2D eigenvalue weighted by Gasteiger charge is -2.15. The third-order valence-corrected chi connectivity index (χ3v) is 7.68. The molecule has 0 aliphatic carbocycles. The van der Waals surface area contributed by atoms with Gasteiger partial charge in [-0.3, -0.25) is 9.36 Å². The molecule has 8 heteroatoms. The Balaban J connectivity index is 1.58. The first-order chi connectivity index (χ1) is 14.2. The van der Waals surface area contributed by atoms with Crippen molar-refractivity contribution in [2.24, 2.45) is 0 Å². The molecule has 0 bridgehead atoms. The number of aromatic nitrogens is 3. The van der Waals surface area contributed by atoms with Crippen molar-refractivity contribution >= 4 is 59.5 Å². The van der Waals surface area contributed by atoms with E-state index in [9.17, 15) is 4.79 Å². The summed E-state index contributed by atoms with van der Waals surface area (Å²) in [5, 5.41) is 1.68. The molecule has 1 aliphatic heterocycles. The number of hydrogen-bond acceptors (Lipinski definition) is 6. The van der Waals surface area contributed by atoms with Gasteiger partial charge < -0.3 is 4.74 Å². The van der Waals surface area contributed by atoms with Gasteiger partial charge in [0, 0.05) is 28.4 Å². The van der Waals surface area contributed by atoms with Gasteiger partial charge in [0.05, 0.1) is 18.2 Å². The standard InChI is InChI=1S/C21H18BrN3O2S2/c22-14-7-5-13(6-8-14)12-28-21-24-17-16-4-1-9-23-19(16)29-18(17)20(26)25(21)11-15-3-2-10-27-15/h1,4-9,15H,2-3,10-12H2/t15-/m0/s1. The zero-order chi connectivity index (χ0) is 19.8. The van der Waals surface area contributed by atoms with Gasteiger partial charge in [-0.25, -0.2) is 9.97 Å². The summed E-state index contributed by atoms with van der Waals surface area (Å²) in [5.41, 5.74) is 1.95. The topological polar surface area (TPSA) is 57.0 Å². The zero-order valence-corrected chi connectivity index (χ0v) is 18.7. The number of ether oxygens (including phenoxy) is 1. The number of hydrogen-bond donors (Lipinski definition) is 0. The third-order valence-electron chi connectivity index (χ3n) is 5.01. The van der Waals surface area contributed by atoms with E-state index in [1.807, 2.05) is 24.3 Å². The van der Waals surface area contributed by atoms with Crippen LogP contribution in [0.4, 0.5) is 0 Å². The van der Waals surface area contributed by atoms with Crippen LogP contribution in [0.2, 0.25) is 0 Å². The fourth-order valence-corrected chi connectivity index (χ4v) is 5.79. The molecule has 29 heavy (non-hydrogen) atoms. The lowest BCUT2D eigenvalue weighted by molar-refractivity contribution is 0.0938. The Morgan fingerprint density at radius 2 is 2.14 bits per heavy atom. The van der Waals surface area contributed by atoms with Gasteiger partial charge in [0.25, 0.3) is 5.56 Å². The first kappa shape index (κ1) is 19.2. The van der Waals surface area contributed by atoms with E-state index in [1.165, 1.54) is 16.9 Å². The maximum atomic E-state index is 13.4. The minimum Gasteiger partial charge on any atom is -0.376 e. The number of pyridine rings is 1. The van der Waals surface area contributed by atoms with Crippen LogP contribution in [0.25, 0.3) is 20.4 Å². The van der Waals surface area contributed by atoms with Crippen LogP contribution in [0, 0.1) is 0 Å². The summed E-state index contributed by atoms with van der Waals surface area (Å²) < 4.78 is 9.33. The lowest BCUT2D eigenvalue weighted by Crippen LogP contribution is -2.28. The number of halogens is 1. The fraction of sp³-hybridized carbons (Fsp3) is 0.286. The van der Waals surface area contributed by atoms with E-state index in [4.69, 9.17) is 9.72 Å². The van der Waals surface area contributed by atoms with Gasteiger partial charge in [-0.2, -0.15) is 0 Å². The minimum absolute atomic E-state index is 0.00630. The molecule has 0 spiro atoms. The highest BCUT2D eigenvalue weighted by Crippen LogP contribution is 2.31. The first-order valence-electron chi connectivity index (χ1n) is 9.46. The summed E-state index contributed by atoms with van der Waals surface area (Å²) >= 11 is 6.49. The lowest BCUT2D eigenvalue weighted by atomic mass is 10.2. The van der Waals surface area contributed by atoms with Crippen molar-refractivity contribution in [3.63, 3.8) is 0 Å². The highest BCUT2D eigenvalue weighted by molar-refractivity contribution is 9.10. The van der Waals surface area contributed by atoms with Crippen molar-refractivity contribution < 1.29 is 4.74 Å². The highest BCUT2D eigenvalue weighted by Gasteiger charge is 2.22. The quantitative estimate of drug-likeness (QED) is 0.284. The predicted octanol–water partition coefficient (Wildman–Crippen LogP) is 5.24. The van der Waals surface area contributed by atoms with Gasteiger partial charge in [0.15, 0.2) is 5.16 Å². The maximum Gasteiger partial charge on any atom is 0.272 e. The number of rotatable bonds is 5. The average Bonchev–Trinajstić information content (AvgIpc) is 3.38. The molecule has 0 amide bonds. The minimum atomic E-state index is 0.00630. The maximum absolute atomic E-state index is 13.4. The third kappa shape index (κ3) is 3.86. The molecule has 1 saturated heterocycles. The predicted molar refractivity (Wildman–Crippen MR) is 122 cm³/mol. The molecular weight excluding hydrogens is 470 g/mol. The Morgan fingerprint density at radius 1 is 1.28 bits per heavy atom. The summed E-state index contributed by atoms with van der Waals surface area (Å²) in [5.74, 6) is 0.747. The van der Waals surface area contributed by atoms with Crippen LogP contribution < -0.4 is 5.56 Å². The molecule has 0 N–H and O–H groups in total. The van der Waals surface area contributed by atoms with Crippen LogP contribution in [0.1, 0.15) is 18.4 Å². The van der Waals surface area contributed by atoms with Gasteiger partial charge in [0.1, 0.15) is 9.53 Å². The fourth-order valence-electron chi connectivity index (χ4n) is 3.53. The van der Waals surface area contributed by atoms with E-state index in [0.717, 1.165) is 50.6 Å². The van der Waals surface area contributed by atoms with Crippen LogP contribution in [0.15, 0.2) is 57.0 Å². The number of thiophene rings is 1. The van der Waals surface area contributed by atoms with Crippen LogP contribution in [-0.4, -0.2) is 27.2 Å². The molecule has 0 unspecified atom stereocenters. The van der Waals surface area contributed by atoms with Crippen molar-refractivity contribution in [3.8, 4) is 0 Å². The van der Waals surface area contributed by atoms with E-state index in [-0.39, 0.29) is 11.7 Å². The van der Waals surface area contributed by atoms with Crippen molar-refractivity contribution in [1.29, 1.82) is 0 Å². The number of thioether (sulfide) groups is 1. The van der Waals surface area contributed by atoms with Gasteiger partial charge in [-0.05, 0) is 42.7 Å². The van der Waals surface area contributed by atoms with E-state index in [1.54, 1.807) is 22.5 Å². The Labute approximate surface area is 184 Å². The molecule has 1 fully saturated rings. The molecule has 0 saturated carbocycles. The molecular formula is C21H18BrN3O2S2.